The van der Waals surface area contributed by atoms with Crippen molar-refractivity contribution in [1.82, 2.24) is 9.80 Å². The Kier molecular flexibility index (Phi) is 6.42. The zero-order valence-corrected chi connectivity index (χ0v) is 18.3. The van der Waals surface area contributed by atoms with E-state index < -0.39 is 10.0 Å². The molecule has 6 nitrogen and oxygen atoms in total. The van der Waals surface area contributed by atoms with Crippen molar-refractivity contribution in [3.8, 4) is 0 Å². The molecule has 0 aromatic heterocycles. The first-order valence-electron chi connectivity index (χ1n) is 9.18. The van der Waals surface area contributed by atoms with Crippen LogP contribution in [0, 0.1) is 0 Å². The molecular formula is C20H24BrN3O3S. The Balaban J connectivity index is 1.74. The van der Waals surface area contributed by atoms with E-state index in [9.17, 15) is 13.2 Å². The molecule has 1 N–H and O–H groups in total. The van der Waals surface area contributed by atoms with Crippen LogP contribution in [0.4, 0.5) is 5.69 Å². The molecule has 8 heteroatoms. The number of sulfonamides is 1. The summed E-state index contributed by atoms with van der Waals surface area (Å²) in [5.41, 5.74) is 0.849. The van der Waals surface area contributed by atoms with Crippen LogP contribution in [0.1, 0.15) is 24.2 Å². The fraction of sp³-hybridized carbons (Fsp3) is 0.350. The summed E-state index contributed by atoms with van der Waals surface area (Å²) >= 11 is 3.32. The first kappa shape index (κ1) is 20.8. The van der Waals surface area contributed by atoms with Gasteiger partial charge in [-0.3, -0.25) is 14.4 Å². The number of amides is 1. The molecule has 0 spiro atoms. The molecule has 1 saturated heterocycles. The normalized spacial score (nSPS) is 15.6. The molecule has 1 fully saturated rings. The molecule has 150 valence electrons. The van der Waals surface area contributed by atoms with Crippen molar-refractivity contribution in [3.63, 3.8) is 0 Å². The van der Waals surface area contributed by atoms with Crippen molar-refractivity contribution in [3.05, 3.63) is 58.6 Å². The summed E-state index contributed by atoms with van der Waals surface area (Å²) in [6, 6.07) is 13.5. The molecule has 28 heavy (non-hydrogen) atoms. The van der Waals surface area contributed by atoms with Gasteiger partial charge < -0.3 is 4.90 Å². The smallest absolute Gasteiger partial charge is 0.261 e. The monoisotopic (exact) mass is 465 g/mol. The molecule has 1 aliphatic rings. The average Bonchev–Trinajstić information content (AvgIpc) is 2.69. The van der Waals surface area contributed by atoms with Gasteiger partial charge in [0.15, 0.2) is 0 Å². The highest BCUT2D eigenvalue weighted by molar-refractivity contribution is 9.10. The predicted molar refractivity (Wildman–Crippen MR) is 114 cm³/mol. The highest BCUT2D eigenvalue weighted by Crippen LogP contribution is 2.20. The number of hydrogen-bond donors (Lipinski definition) is 1. The third-order valence-corrected chi connectivity index (χ3v) is 6.73. The highest BCUT2D eigenvalue weighted by atomic mass is 79.9. The number of halogens is 1. The fourth-order valence-electron chi connectivity index (χ4n) is 3.15. The Morgan fingerprint density at radius 3 is 2.29 bits per heavy atom. The van der Waals surface area contributed by atoms with Crippen molar-refractivity contribution in [1.29, 1.82) is 0 Å². The average molecular weight is 466 g/mol. The summed E-state index contributed by atoms with van der Waals surface area (Å²) in [4.78, 5) is 17.0. The van der Waals surface area contributed by atoms with Gasteiger partial charge in [0.2, 0.25) is 0 Å². The lowest BCUT2D eigenvalue weighted by Gasteiger charge is -2.37. The molecule has 0 unspecified atom stereocenters. The maximum atomic E-state index is 12.8. The van der Waals surface area contributed by atoms with Crippen molar-refractivity contribution >= 4 is 37.5 Å². The molecule has 0 radical (unpaired) electrons. The number of hydrogen-bond acceptors (Lipinski definition) is 4. The largest absolute Gasteiger partial charge is 0.336 e. The minimum atomic E-state index is -3.78. The van der Waals surface area contributed by atoms with Gasteiger partial charge in [0, 0.05) is 47.9 Å². The molecule has 0 aliphatic carbocycles. The molecule has 0 atom stereocenters. The lowest BCUT2D eigenvalue weighted by molar-refractivity contribution is 0.0595. The van der Waals surface area contributed by atoms with Crippen molar-refractivity contribution in [2.24, 2.45) is 0 Å². The van der Waals surface area contributed by atoms with Gasteiger partial charge in [-0.15, -0.1) is 0 Å². The van der Waals surface area contributed by atoms with E-state index in [1.165, 1.54) is 12.1 Å². The topological polar surface area (TPSA) is 69.7 Å². The number of rotatable bonds is 5. The van der Waals surface area contributed by atoms with Crippen LogP contribution >= 0.6 is 15.9 Å². The van der Waals surface area contributed by atoms with Crippen LogP contribution in [-0.2, 0) is 10.0 Å². The minimum Gasteiger partial charge on any atom is -0.336 e. The second-order valence-corrected chi connectivity index (χ2v) is 9.66. The summed E-state index contributed by atoms with van der Waals surface area (Å²) in [7, 11) is -3.78. The molecule has 2 aromatic carbocycles. The van der Waals surface area contributed by atoms with Crippen molar-refractivity contribution in [2.45, 2.75) is 24.8 Å². The summed E-state index contributed by atoms with van der Waals surface area (Å²) in [6.07, 6.45) is 0. The van der Waals surface area contributed by atoms with E-state index in [2.05, 4.69) is 39.4 Å². The maximum Gasteiger partial charge on any atom is 0.261 e. The molecule has 1 amide bonds. The van der Waals surface area contributed by atoms with Crippen LogP contribution < -0.4 is 4.72 Å². The van der Waals surface area contributed by atoms with E-state index in [0.717, 1.165) is 17.6 Å². The Morgan fingerprint density at radius 2 is 1.68 bits per heavy atom. The van der Waals surface area contributed by atoms with Gasteiger partial charge >= 0.3 is 0 Å². The Hall–Kier alpha value is -1.90. The van der Waals surface area contributed by atoms with Gasteiger partial charge in [-0.2, -0.15) is 0 Å². The van der Waals surface area contributed by atoms with E-state index in [1.54, 1.807) is 41.3 Å². The molecule has 3 rings (SSSR count). The quantitative estimate of drug-likeness (QED) is 0.734. The third-order valence-electron chi connectivity index (χ3n) is 4.82. The summed E-state index contributed by atoms with van der Waals surface area (Å²) in [5, 5.41) is 0. The van der Waals surface area contributed by atoms with Gasteiger partial charge in [0.25, 0.3) is 15.9 Å². The van der Waals surface area contributed by atoms with Gasteiger partial charge in [0.05, 0.1) is 4.90 Å². The Labute approximate surface area is 174 Å². The number of nitrogens with zero attached hydrogens (tertiary/aromatic N) is 2. The molecule has 0 bridgehead atoms. The lowest BCUT2D eigenvalue weighted by atomic mass is 10.1. The number of carbonyl (C=O) groups excluding carboxylic acids is 1. The SMILES string of the molecule is CC(C)N1CCN(C(=O)c2cccc(S(=O)(=O)Nc3ccc(Br)cc3)c2)CC1. The van der Waals surface area contributed by atoms with E-state index in [1.807, 2.05) is 0 Å². The summed E-state index contributed by atoms with van der Waals surface area (Å²) < 4.78 is 28.8. The molecule has 1 heterocycles. The van der Waals surface area contributed by atoms with E-state index >= 15 is 0 Å². The van der Waals surface area contributed by atoms with Gasteiger partial charge in [0.1, 0.15) is 0 Å². The van der Waals surface area contributed by atoms with Gasteiger partial charge in [-0.25, -0.2) is 8.42 Å². The first-order chi connectivity index (χ1) is 13.3. The third kappa shape index (κ3) is 4.92. The number of piperazine rings is 1. The second-order valence-electron chi connectivity index (χ2n) is 7.06. The van der Waals surface area contributed by atoms with Crippen LogP contribution in [-0.4, -0.2) is 56.3 Å². The standard InChI is InChI=1S/C20H24BrN3O3S/c1-15(2)23-10-12-24(13-11-23)20(25)16-4-3-5-19(14-16)28(26,27)22-18-8-6-17(21)7-9-18/h3-9,14-15,22H,10-13H2,1-2H3. The highest BCUT2D eigenvalue weighted by Gasteiger charge is 2.24. The fourth-order valence-corrected chi connectivity index (χ4v) is 4.52. The second kappa shape index (κ2) is 8.63. The number of nitrogens with one attached hydrogen (secondary N) is 1. The number of anilines is 1. The Morgan fingerprint density at radius 1 is 1.04 bits per heavy atom. The molecular weight excluding hydrogens is 442 g/mol. The lowest BCUT2D eigenvalue weighted by Crippen LogP contribution is -2.50. The van der Waals surface area contributed by atoms with Crippen LogP contribution in [0.3, 0.4) is 0 Å². The molecule has 0 saturated carbocycles. The number of carbonyl (C=O) groups is 1. The minimum absolute atomic E-state index is 0.0714. The van der Waals surface area contributed by atoms with Crippen molar-refractivity contribution < 1.29 is 13.2 Å². The van der Waals surface area contributed by atoms with E-state index in [-0.39, 0.29) is 10.8 Å². The molecule has 1 aliphatic heterocycles. The maximum absolute atomic E-state index is 12.8. The van der Waals surface area contributed by atoms with Crippen LogP contribution in [0.15, 0.2) is 57.9 Å². The van der Waals surface area contributed by atoms with Gasteiger partial charge in [-0.1, -0.05) is 22.0 Å². The zero-order chi connectivity index (χ0) is 20.3. The van der Waals surface area contributed by atoms with Gasteiger partial charge in [-0.05, 0) is 56.3 Å². The van der Waals surface area contributed by atoms with Crippen molar-refractivity contribution in [2.75, 3.05) is 30.9 Å². The number of benzene rings is 2. The van der Waals surface area contributed by atoms with Crippen LogP contribution in [0.25, 0.3) is 0 Å². The first-order valence-corrected chi connectivity index (χ1v) is 11.5. The predicted octanol–water partition coefficient (Wildman–Crippen LogP) is 3.42. The zero-order valence-electron chi connectivity index (χ0n) is 15.9. The van der Waals surface area contributed by atoms with Crippen LogP contribution in [0.5, 0.6) is 0 Å². The Bertz CT molecular complexity index is 937. The van der Waals surface area contributed by atoms with Crippen LogP contribution in [0.2, 0.25) is 0 Å². The summed E-state index contributed by atoms with van der Waals surface area (Å²) in [5.74, 6) is -0.135. The van der Waals surface area contributed by atoms with E-state index in [4.69, 9.17) is 0 Å². The molecule has 2 aromatic rings. The van der Waals surface area contributed by atoms with E-state index in [0.29, 0.717) is 30.4 Å². The summed E-state index contributed by atoms with van der Waals surface area (Å²) in [6.45, 7) is 7.23.